The highest BCUT2D eigenvalue weighted by molar-refractivity contribution is 6.31. The van der Waals surface area contributed by atoms with Gasteiger partial charge < -0.3 is 4.90 Å². The lowest BCUT2D eigenvalue weighted by Gasteiger charge is -2.35. The highest BCUT2D eigenvalue weighted by Crippen LogP contribution is 2.45. The van der Waals surface area contributed by atoms with Crippen molar-refractivity contribution in [1.29, 1.82) is 0 Å². The van der Waals surface area contributed by atoms with E-state index in [1.165, 1.54) is 21.9 Å². The molecule has 1 amide bonds. The van der Waals surface area contributed by atoms with Crippen LogP contribution in [0.1, 0.15) is 34.6 Å². The van der Waals surface area contributed by atoms with Crippen molar-refractivity contribution in [2.45, 2.75) is 25.8 Å². The minimum Gasteiger partial charge on any atom is -0.308 e. The molecular formula is C27H22ClNO. The van der Waals surface area contributed by atoms with E-state index >= 15 is 0 Å². The lowest BCUT2D eigenvalue weighted by molar-refractivity contribution is -0.119. The van der Waals surface area contributed by atoms with Crippen molar-refractivity contribution in [1.82, 2.24) is 0 Å². The first-order valence-electron chi connectivity index (χ1n) is 10.2. The Bertz CT molecular complexity index is 1250. The molecule has 2 nitrogen and oxygen atoms in total. The molecule has 0 aromatic heterocycles. The van der Waals surface area contributed by atoms with Crippen LogP contribution in [0.4, 0.5) is 5.69 Å². The Balaban J connectivity index is 1.69. The van der Waals surface area contributed by atoms with E-state index in [1.807, 2.05) is 29.2 Å². The topological polar surface area (TPSA) is 20.3 Å². The standard InChI is InChI=1S/C27H22ClNO/c1-18-10-12-19(13-11-18)17-29-25-15-14-20-6-2-3-7-21(20)27(25)23(16-26(29)30)22-8-4-5-9-24(22)28/h2-15,23H,16-17H2,1H3. The number of nitrogens with zero attached hydrogens (tertiary/aromatic N) is 1. The summed E-state index contributed by atoms with van der Waals surface area (Å²) >= 11 is 6.58. The van der Waals surface area contributed by atoms with E-state index in [1.54, 1.807) is 0 Å². The number of anilines is 1. The summed E-state index contributed by atoms with van der Waals surface area (Å²) in [5, 5.41) is 3.07. The summed E-state index contributed by atoms with van der Waals surface area (Å²) in [6, 6.07) is 28.9. The first-order chi connectivity index (χ1) is 14.6. The fourth-order valence-corrected chi connectivity index (χ4v) is 4.75. The maximum absolute atomic E-state index is 13.3. The van der Waals surface area contributed by atoms with Gasteiger partial charge in [0.15, 0.2) is 0 Å². The van der Waals surface area contributed by atoms with Crippen molar-refractivity contribution in [3.05, 3.63) is 112 Å². The number of benzene rings is 4. The minimum absolute atomic E-state index is 0.0541. The van der Waals surface area contributed by atoms with E-state index in [0.717, 1.165) is 16.8 Å². The summed E-state index contributed by atoms with van der Waals surface area (Å²) in [5.41, 5.74) is 5.53. The molecule has 1 heterocycles. The number of amides is 1. The van der Waals surface area contributed by atoms with Gasteiger partial charge in [-0.2, -0.15) is 0 Å². The van der Waals surface area contributed by atoms with Gasteiger partial charge >= 0.3 is 0 Å². The lowest BCUT2D eigenvalue weighted by Crippen LogP contribution is -2.36. The molecule has 0 spiro atoms. The summed E-state index contributed by atoms with van der Waals surface area (Å²) in [6.45, 7) is 2.64. The van der Waals surface area contributed by atoms with Crippen LogP contribution in [-0.2, 0) is 11.3 Å². The summed E-state index contributed by atoms with van der Waals surface area (Å²) < 4.78 is 0. The number of hydrogen-bond acceptors (Lipinski definition) is 1. The average Bonchev–Trinajstić information content (AvgIpc) is 2.77. The summed E-state index contributed by atoms with van der Waals surface area (Å²) in [7, 11) is 0. The zero-order valence-electron chi connectivity index (χ0n) is 16.8. The van der Waals surface area contributed by atoms with Crippen LogP contribution in [0.25, 0.3) is 10.8 Å². The molecule has 0 N–H and O–H groups in total. The summed E-state index contributed by atoms with van der Waals surface area (Å²) in [6.07, 6.45) is 0.413. The van der Waals surface area contributed by atoms with Gasteiger partial charge in [-0.05, 0) is 46.5 Å². The molecule has 0 bridgehead atoms. The molecule has 3 heteroatoms. The van der Waals surface area contributed by atoms with Crippen LogP contribution in [0, 0.1) is 6.92 Å². The molecule has 0 radical (unpaired) electrons. The van der Waals surface area contributed by atoms with Gasteiger partial charge in [-0.25, -0.2) is 0 Å². The third kappa shape index (κ3) is 3.28. The fraction of sp³-hybridized carbons (Fsp3) is 0.148. The first-order valence-corrected chi connectivity index (χ1v) is 10.6. The van der Waals surface area contributed by atoms with E-state index in [-0.39, 0.29) is 11.8 Å². The molecule has 1 aliphatic rings. The number of halogens is 1. The molecule has 4 aromatic rings. The van der Waals surface area contributed by atoms with Gasteiger partial charge in [-0.15, -0.1) is 0 Å². The second-order valence-corrected chi connectivity index (χ2v) is 8.37. The van der Waals surface area contributed by atoms with Gasteiger partial charge in [-0.1, -0.05) is 90.0 Å². The van der Waals surface area contributed by atoms with Crippen molar-refractivity contribution in [2.24, 2.45) is 0 Å². The second kappa shape index (κ2) is 7.62. The van der Waals surface area contributed by atoms with Crippen LogP contribution in [0.2, 0.25) is 5.02 Å². The van der Waals surface area contributed by atoms with Crippen LogP contribution in [0.3, 0.4) is 0 Å². The molecular weight excluding hydrogens is 390 g/mol. The number of rotatable bonds is 3. The molecule has 1 aliphatic heterocycles. The van der Waals surface area contributed by atoms with E-state index in [2.05, 4.69) is 67.6 Å². The third-order valence-electron chi connectivity index (χ3n) is 6.01. The molecule has 1 atom stereocenters. The zero-order chi connectivity index (χ0) is 20.7. The van der Waals surface area contributed by atoms with Crippen LogP contribution >= 0.6 is 11.6 Å². The smallest absolute Gasteiger partial charge is 0.228 e. The predicted octanol–water partition coefficient (Wildman–Crippen LogP) is 6.87. The minimum atomic E-state index is -0.0541. The molecule has 4 aromatic carbocycles. The van der Waals surface area contributed by atoms with E-state index in [4.69, 9.17) is 11.6 Å². The van der Waals surface area contributed by atoms with Crippen molar-refractivity contribution < 1.29 is 4.79 Å². The van der Waals surface area contributed by atoms with Crippen molar-refractivity contribution in [2.75, 3.05) is 4.90 Å². The molecule has 0 aliphatic carbocycles. The van der Waals surface area contributed by atoms with E-state index < -0.39 is 0 Å². The van der Waals surface area contributed by atoms with Crippen molar-refractivity contribution in [3.63, 3.8) is 0 Å². The molecule has 0 saturated carbocycles. The van der Waals surface area contributed by atoms with Crippen molar-refractivity contribution >= 4 is 34.0 Å². The highest BCUT2D eigenvalue weighted by Gasteiger charge is 2.34. The lowest BCUT2D eigenvalue weighted by atomic mass is 9.81. The highest BCUT2D eigenvalue weighted by atomic mass is 35.5. The Morgan fingerprint density at radius 1 is 0.900 bits per heavy atom. The molecule has 30 heavy (non-hydrogen) atoms. The van der Waals surface area contributed by atoms with Gasteiger partial charge in [0.25, 0.3) is 0 Å². The van der Waals surface area contributed by atoms with Gasteiger partial charge in [-0.3, -0.25) is 4.79 Å². The maximum atomic E-state index is 13.3. The maximum Gasteiger partial charge on any atom is 0.228 e. The van der Waals surface area contributed by atoms with Crippen molar-refractivity contribution in [3.8, 4) is 0 Å². The molecule has 148 valence electrons. The number of carbonyl (C=O) groups excluding carboxylic acids is 1. The summed E-state index contributed by atoms with van der Waals surface area (Å²) in [4.78, 5) is 15.3. The molecule has 0 saturated heterocycles. The summed E-state index contributed by atoms with van der Waals surface area (Å²) in [5.74, 6) is 0.0739. The normalized spacial score (nSPS) is 16.0. The first kappa shape index (κ1) is 18.9. The number of fused-ring (bicyclic) bond motifs is 3. The number of aryl methyl sites for hydroxylation is 1. The van der Waals surface area contributed by atoms with E-state index in [0.29, 0.717) is 18.0 Å². The Morgan fingerprint density at radius 2 is 1.63 bits per heavy atom. The largest absolute Gasteiger partial charge is 0.308 e. The molecule has 5 rings (SSSR count). The van der Waals surface area contributed by atoms with Crippen LogP contribution in [-0.4, -0.2) is 5.91 Å². The number of carbonyl (C=O) groups is 1. The SMILES string of the molecule is Cc1ccc(CN2C(=O)CC(c3ccccc3Cl)c3c2ccc2ccccc32)cc1. The Hall–Kier alpha value is -3.10. The Kier molecular flexibility index (Phi) is 4.80. The molecule has 1 unspecified atom stereocenters. The Morgan fingerprint density at radius 3 is 2.43 bits per heavy atom. The predicted molar refractivity (Wildman–Crippen MR) is 124 cm³/mol. The van der Waals surface area contributed by atoms with Gasteiger partial charge in [0.1, 0.15) is 0 Å². The van der Waals surface area contributed by atoms with Crippen LogP contribution in [0.15, 0.2) is 84.9 Å². The van der Waals surface area contributed by atoms with Crippen LogP contribution < -0.4 is 4.90 Å². The zero-order valence-corrected chi connectivity index (χ0v) is 17.6. The van der Waals surface area contributed by atoms with Crippen LogP contribution in [0.5, 0.6) is 0 Å². The van der Waals surface area contributed by atoms with E-state index in [9.17, 15) is 4.79 Å². The quantitative estimate of drug-likeness (QED) is 0.360. The third-order valence-corrected chi connectivity index (χ3v) is 6.35. The monoisotopic (exact) mass is 411 g/mol. The number of hydrogen-bond donors (Lipinski definition) is 0. The fourth-order valence-electron chi connectivity index (χ4n) is 4.48. The average molecular weight is 412 g/mol. The second-order valence-electron chi connectivity index (χ2n) is 7.96. The van der Waals surface area contributed by atoms with Gasteiger partial charge in [0.2, 0.25) is 5.91 Å². The van der Waals surface area contributed by atoms with Gasteiger partial charge in [0.05, 0.1) is 6.54 Å². The Labute approximate surface area is 181 Å². The molecule has 0 fully saturated rings. The van der Waals surface area contributed by atoms with Gasteiger partial charge in [0, 0.05) is 23.0 Å².